The van der Waals surface area contributed by atoms with Gasteiger partial charge in [0.05, 0.1) is 16.8 Å². The maximum absolute atomic E-state index is 13.7. The van der Waals surface area contributed by atoms with Gasteiger partial charge in [0.2, 0.25) is 0 Å². The first-order chi connectivity index (χ1) is 13.8. The summed E-state index contributed by atoms with van der Waals surface area (Å²) < 4.78 is 15.0. The Morgan fingerprint density at radius 2 is 2.00 bits per heavy atom. The molecule has 0 bridgehead atoms. The molecule has 8 heteroatoms. The number of halogens is 1. The van der Waals surface area contributed by atoms with Crippen molar-refractivity contribution in [3.05, 3.63) is 81.7 Å². The number of aromatic carboxylic acids is 1. The molecule has 1 aliphatic rings. The molecule has 1 heterocycles. The molecule has 148 valence electrons. The summed E-state index contributed by atoms with van der Waals surface area (Å²) in [5, 5.41) is 22.4. The molecule has 2 aromatic carbocycles. The van der Waals surface area contributed by atoms with E-state index in [4.69, 9.17) is 0 Å². The number of carboxylic acid groups (broad SMARTS) is 1. The van der Waals surface area contributed by atoms with Crippen LogP contribution in [0, 0.1) is 12.7 Å². The lowest BCUT2D eigenvalue weighted by Gasteiger charge is -2.20. The molecule has 1 saturated carbocycles. The summed E-state index contributed by atoms with van der Waals surface area (Å²) in [6.45, 7) is 1.77. The van der Waals surface area contributed by atoms with Crippen molar-refractivity contribution in [3.63, 3.8) is 0 Å². The quantitative estimate of drug-likeness (QED) is 0.613. The van der Waals surface area contributed by atoms with Crippen molar-refractivity contribution in [3.8, 4) is 11.4 Å². The van der Waals surface area contributed by atoms with Crippen LogP contribution in [0.2, 0.25) is 0 Å². The first-order valence-corrected chi connectivity index (χ1v) is 9.00. The highest BCUT2D eigenvalue weighted by Crippen LogP contribution is 2.50. The molecule has 3 aromatic rings. The van der Waals surface area contributed by atoms with Gasteiger partial charge in [-0.05, 0) is 55.7 Å². The summed E-state index contributed by atoms with van der Waals surface area (Å²) in [5.41, 5.74) is 0.345. The van der Waals surface area contributed by atoms with Gasteiger partial charge in [0, 0.05) is 18.0 Å². The third kappa shape index (κ3) is 3.33. The van der Waals surface area contributed by atoms with Crippen molar-refractivity contribution in [2.24, 2.45) is 0 Å². The van der Waals surface area contributed by atoms with Gasteiger partial charge in [-0.15, -0.1) is 0 Å². The maximum Gasteiger partial charge on any atom is 0.335 e. The molecule has 1 aliphatic carbocycles. The van der Waals surface area contributed by atoms with Gasteiger partial charge in [0.1, 0.15) is 11.6 Å². The van der Waals surface area contributed by atoms with Crippen LogP contribution in [-0.4, -0.2) is 25.7 Å². The fourth-order valence-electron chi connectivity index (χ4n) is 3.39. The molecular formula is C21H18FN3O4. The van der Waals surface area contributed by atoms with Crippen molar-refractivity contribution < 1.29 is 19.4 Å². The average Bonchev–Trinajstić information content (AvgIpc) is 3.46. The van der Waals surface area contributed by atoms with Crippen molar-refractivity contribution >= 4 is 11.8 Å². The van der Waals surface area contributed by atoms with E-state index >= 15 is 0 Å². The van der Waals surface area contributed by atoms with Crippen LogP contribution in [-0.2, 0) is 5.54 Å². The molecule has 3 N–H and O–H groups in total. The minimum Gasteiger partial charge on any atom is -0.508 e. The summed E-state index contributed by atoms with van der Waals surface area (Å²) in [7, 11) is 0. The van der Waals surface area contributed by atoms with Crippen LogP contribution in [0.15, 0.2) is 53.6 Å². The lowest BCUT2D eigenvalue weighted by Crippen LogP contribution is -2.29. The van der Waals surface area contributed by atoms with Gasteiger partial charge in [-0.2, -0.15) is 0 Å². The van der Waals surface area contributed by atoms with Crippen molar-refractivity contribution in [2.75, 3.05) is 5.32 Å². The number of aryl methyl sites for hydroxylation is 1. The molecule has 7 nitrogen and oxygen atoms in total. The number of aromatic hydroxyl groups is 1. The van der Waals surface area contributed by atoms with Crippen LogP contribution in [0.3, 0.4) is 0 Å². The molecule has 0 amide bonds. The van der Waals surface area contributed by atoms with Gasteiger partial charge in [-0.1, -0.05) is 6.07 Å². The van der Waals surface area contributed by atoms with Gasteiger partial charge in [-0.3, -0.25) is 9.36 Å². The van der Waals surface area contributed by atoms with Crippen LogP contribution in [0.5, 0.6) is 5.75 Å². The fraction of sp³-hybridized carbons (Fsp3) is 0.190. The summed E-state index contributed by atoms with van der Waals surface area (Å²) in [4.78, 5) is 28.5. The highest BCUT2D eigenvalue weighted by Gasteiger charge is 2.47. The zero-order valence-electron chi connectivity index (χ0n) is 15.5. The van der Waals surface area contributed by atoms with Gasteiger partial charge < -0.3 is 15.5 Å². The van der Waals surface area contributed by atoms with E-state index in [1.165, 1.54) is 47.3 Å². The van der Waals surface area contributed by atoms with E-state index in [2.05, 4.69) is 10.3 Å². The van der Waals surface area contributed by atoms with E-state index in [9.17, 15) is 24.2 Å². The normalized spacial score (nSPS) is 14.4. The number of phenols is 1. The number of aromatic nitrogens is 2. The van der Waals surface area contributed by atoms with E-state index < -0.39 is 22.9 Å². The third-order valence-electron chi connectivity index (χ3n) is 5.14. The van der Waals surface area contributed by atoms with Crippen LogP contribution in [0.1, 0.15) is 34.3 Å². The van der Waals surface area contributed by atoms with Gasteiger partial charge in [-0.25, -0.2) is 14.2 Å². The van der Waals surface area contributed by atoms with Crippen molar-refractivity contribution in [1.82, 2.24) is 9.55 Å². The van der Waals surface area contributed by atoms with Crippen LogP contribution >= 0.6 is 0 Å². The van der Waals surface area contributed by atoms with E-state index in [0.717, 1.165) is 5.56 Å². The number of nitrogens with one attached hydrogen (secondary N) is 1. The summed E-state index contributed by atoms with van der Waals surface area (Å²) >= 11 is 0. The number of carboxylic acids is 1. The molecule has 0 unspecified atom stereocenters. The molecule has 0 spiro atoms. The number of nitrogens with zero attached hydrogens (tertiary/aromatic N) is 2. The number of benzene rings is 2. The number of anilines is 1. The van der Waals surface area contributed by atoms with Crippen LogP contribution in [0.4, 0.5) is 10.2 Å². The Labute approximate surface area is 165 Å². The predicted molar refractivity (Wildman–Crippen MR) is 104 cm³/mol. The van der Waals surface area contributed by atoms with E-state index in [1.54, 1.807) is 13.0 Å². The molecule has 0 aliphatic heterocycles. The maximum atomic E-state index is 13.7. The number of carbonyl (C=O) groups is 1. The third-order valence-corrected chi connectivity index (χ3v) is 5.14. The van der Waals surface area contributed by atoms with Gasteiger partial charge in [0.15, 0.2) is 5.82 Å². The second-order valence-corrected chi connectivity index (χ2v) is 7.13. The second-order valence-electron chi connectivity index (χ2n) is 7.13. The van der Waals surface area contributed by atoms with Crippen LogP contribution in [0.25, 0.3) is 5.69 Å². The van der Waals surface area contributed by atoms with Crippen molar-refractivity contribution in [2.45, 2.75) is 25.3 Å². The molecule has 0 atom stereocenters. The molecule has 29 heavy (non-hydrogen) atoms. The molecule has 1 aromatic heterocycles. The summed E-state index contributed by atoms with van der Waals surface area (Å²) in [6, 6.07) is 8.22. The van der Waals surface area contributed by atoms with Gasteiger partial charge in [0.25, 0.3) is 5.56 Å². The van der Waals surface area contributed by atoms with Crippen LogP contribution < -0.4 is 10.9 Å². The largest absolute Gasteiger partial charge is 0.508 e. The number of hydrogen-bond donors (Lipinski definition) is 3. The molecule has 0 radical (unpaired) electrons. The SMILES string of the molecule is Cc1ccc(C(=O)O)cc1-n1ccnc(NC2(c3cc(F)ccc3O)CC2)c1=O. The minimum absolute atomic E-state index is 0.0359. The number of phenolic OH excluding ortho intramolecular Hbond substituents is 1. The highest BCUT2D eigenvalue weighted by atomic mass is 19.1. The Morgan fingerprint density at radius 1 is 1.24 bits per heavy atom. The minimum atomic E-state index is -1.09. The number of hydrogen-bond acceptors (Lipinski definition) is 5. The topological polar surface area (TPSA) is 104 Å². The fourth-order valence-corrected chi connectivity index (χ4v) is 3.39. The summed E-state index contributed by atoms with van der Waals surface area (Å²) in [6.07, 6.45) is 4.10. The van der Waals surface area contributed by atoms with E-state index in [-0.39, 0.29) is 17.1 Å². The van der Waals surface area contributed by atoms with E-state index in [1.807, 2.05) is 0 Å². The Kier molecular flexibility index (Phi) is 4.34. The smallest absolute Gasteiger partial charge is 0.335 e. The highest BCUT2D eigenvalue weighted by molar-refractivity contribution is 5.88. The Morgan fingerprint density at radius 3 is 2.69 bits per heavy atom. The molecular weight excluding hydrogens is 377 g/mol. The first kappa shape index (κ1) is 18.7. The Balaban J connectivity index is 1.75. The Bertz CT molecular complexity index is 1180. The first-order valence-electron chi connectivity index (χ1n) is 9.00. The van der Waals surface area contributed by atoms with Crippen molar-refractivity contribution in [1.29, 1.82) is 0 Å². The molecule has 1 fully saturated rings. The Hall–Kier alpha value is -3.68. The summed E-state index contributed by atoms with van der Waals surface area (Å²) in [5.74, 6) is -1.60. The monoisotopic (exact) mass is 395 g/mol. The number of rotatable bonds is 5. The average molecular weight is 395 g/mol. The second kappa shape index (κ2) is 6.73. The molecule has 4 rings (SSSR count). The standard InChI is InChI=1S/C21H18FN3O4/c1-12-2-3-13(20(28)29)10-16(12)25-9-8-23-18(19(25)27)24-21(6-7-21)15-11-14(22)4-5-17(15)26/h2-5,8-11,26H,6-7H2,1H3,(H,23,24)(H,28,29). The lowest BCUT2D eigenvalue weighted by atomic mass is 10.0. The molecule has 0 saturated heterocycles. The zero-order valence-corrected chi connectivity index (χ0v) is 15.5. The predicted octanol–water partition coefficient (Wildman–Crippen LogP) is 3.19. The lowest BCUT2D eigenvalue weighted by molar-refractivity contribution is 0.0697. The van der Waals surface area contributed by atoms with Gasteiger partial charge >= 0.3 is 5.97 Å². The zero-order chi connectivity index (χ0) is 20.8. The van der Waals surface area contributed by atoms with E-state index in [0.29, 0.717) is 24.1 Å².